The molecule has 0 aliphatic carbocycles. The summed E-state index contributed by atoms with van der Waals surface area (Å²) < 4.78 is 0. The maximum absolute atomic E-state index is 4.29. The van der Waals surface area contributed by atoms with Crippen molar-refractivity contribution in [3.63, 3.8) is 0 Å². The fraction of sp³-hybridized carbons (Fsp3) is 0.727. The van der Waals surface area contributed by atoms with Crippen molar-refractivity contribution in [1.82, 2.24) is 10.3 Å². The van der Waals surface area contributed by atoms with Gasteiger partial charge >= 0.3 is 0 Å². The Hall–Kier alpha value is -0.0600. The van der Waals surface area contributed by atoms with E-state index < -0.39 is 0 Å². The second-order valence-corrected chi connectivity index (χ2v) is 6.21. The van der Waals surface area contributed by atoms with Gasteiger partial charge < -0.3 is 5.32 Å². The third kappa shape index (κ3) is 3.47. The van der Waals surface area contributed by atoms with E-state index in [1.54, 1.807) is 11.3 Å². The highest BCUT2D eigenvalue weighted by molar-refractivity contribution is 7.99. The molecule has 2 unspecified atom stereocenters. The van der Waals surface area contributed by atoms with Gasteiger partial charge in [0.1, 0.15) is 0 Å². The van der Waals surface area contributed by atoms with Crippen molar-refractivity contribution in [2.24, 2.45) is 0 Å². The highest BCUT2D eigenvalue weighted by Crippen LogP contribution is 2.24. The summed E-state index contributed by atoms with van der Waals surface area (Å²) in [6.07, 6.45) is 3.77. The maximum atomic E-state index is 4.29. The summed E-state index contributed by atoms with van der Waals surface area (Å²) >= 11 is 3.78. The number of aromatic nitrogens is 1. The Bertz CT molecular complexity index is 274. The van der Waals surface area contributed by atoms with Gasteiger partial charge in [-0.3, -0.25) is 0 Å². The van der Waals surface area contributed by atoms with Crippen LogP contribution in [-0.2, 0) is 6.42 Å². The zero-order chi connectivity index (χ0) is 10.5. The van der Waals surface area contributed by atoms with E-state index >= 15 is 0 Å². The van der Waals surface area contributed by atoms with Gasteiger partial charge in [0.25, 0.3) is 0 Å². The fourth-order valence-electron chi connectivity index (χ4n) is 1.94. The van der Waals surface area contributed by atoms with Gasteiger partial charge in [-0.2, -0.15) is 11.8 Å². The minimum Gasteiger partial charge on any atom is -0.312 e. The van der Waals surface area contributed by atoms with E-state index in [1.165, 1.54) is 24.3 Å². The SMILES string of the molecule is CC1SCCCC1NCCc1cscn1. The summed E-state index contributed by atoms with van der Waals surface area (Å²) in [4.78, 5) is 4.29. The van der Waals surface area contributed by atoms with Crippen LogP contribution in [-0.4, -0.2) is 28.6 Å². The van der Waals surface area contributed by atoms with Crippen LogP contribution >= 0.6 is 23.1 Å². The number of hydrogen-bond acceptors (Lipinski definition) is 4. The number of nitrogens with zero attached hydrogens (tertiary/aromatic N) is 1. The smallest absolute Gasteiger partial charge is 0.0794 e. The first kappa shape index (κ1) is 11.4. The van der Waals surface area contributed by atoms with Crippen LogP contribution < -0.4 is 5.32 Å². The molecule has 0 spiro atoms. The first-order valence-corrected chi connectivity index (χ1v) is 7.57. The third-order valence-corrected chi connectivity index (χ3v) is 4.89. The van der Waals surface area contributed by atoms with Crippen LogP contribution in [0.5, 0.6) is 0 Å². The van der Waals surface area contributed by atoms with Crippen molar-refractivity contribution in [2.75, 3.05) is 12.3 Å². The van der Waals surface area contributed by atoms with Crippen LogP contribution in [0.25, 0.3) is 0 Å². The first-order chi connectivity index (χ1) is 7.36. The predicted octanol–water partition coefficient (Wildman–Crippen LogP) is 2.56. The van der Waals surface area contributed by atoms with E-state index in [-0.39, 0.29) is 0 Å². The monoisotopic (exact) mass is 242 g/mol. The molecular weight excluding hydrogens is 224 g/mol. The highest BCUT2D eigenvalue weighted by atomic mass is 32.2. The van der Waals surface area contributed by atoms with Crippen molar-refractivity contribution in [2.45, 2.75) is 37.5 Å². The molecule has 0 saturated carbocycles. The molecular formula is C11H18N2S2. The quantitative estimate of drug-likeness (QED) is 0.878. The molecule has 1 saturated heterocycles. The van der Waals surface area contributed by atoms with Gasteiger partial charge in [0.15, 0.2) is 0 Å². The summed E-state index contributed by atoms with van der Waals surface area (Å²) in [7, 11) is 0. The fourth-order valence-corrected chi connectivity index (χ4v) is 3.70. The van der Waals surface area contributed by atoms with Crippen LogP contribution in [0, 0.1) is 0 Å². The molecule has 2 atom stereocenters. The van der Waals surface area contributed by atoms with Gasteiger partial charge in [-0.05, 0) is 18.6 Å². The zero-order valence-electron chi connectivity index (χ0n) is 9.11. The average molecular weight is 242 g/mol. The number of thioether (sulfide) groups is 1. The summed E-state index contributed by atoms with van der Waals surface area (Å²) in [5.41, 5.74) is 3.14. The van der Waals surface area contributed by atoms with Crippen LogP contribution in [0.1, 0.15) is 25.5 Å². The molecule has 2 rings (SSSR count). The summed E-state index contributed by atoms with van der Waals surface area (Å²) in [6, 6.07) is 0.711. The van der Waals surface area contributed by atoms with Gasteiger partial charge in [-0.25, -0.2) is 4.98 Å². The summed E-state index contributed by atoms with van der Waals surface area (Å²) in [5, 5.41) is 6.57. The Morgan fingerprint density at radius 1 is 1.60 bits per heavy atom. The summed E-state index contributed by atoms with van der Waals surface area (Å²) in [6.45, 7) is 3.41. The average Bonchev–Trinajstić information content (AvgIpc) is 2.74. The topological polar surface area (TPSA) is 24.9 Å². The van der Waals surface area contributed by atoms with Crippen molar-refractivity contribution < 1.29 is 0 Å². The van der Waals surface area contributed by atoms with E-state index in [0.29, 0.717) is 6.04 Å². The number of nitrogens with one attached hydrogen (secondary N) is 1. The van der Waals surface area contributed by atoms with E-state index in [9.17, 15) is 0 Å². The molecule has 0 aromatic carbocycles. The molecule has 84 valence electrons. The Balaban J connectivity index is 1.68. The Morgan fingerprint density at radius 3 is 3.27 bits per heavy atom. The van der Waals surface area contributed by atoms with Crippen molar-refractivity contribution >= 4 is 23.1 Å². The van der Waals surface area contributed by atoms with E-state index in [4.69, 9.17) is 0 Å². The van der Waals surface area contributed by atoms with Crippen molar-refractivity contribution in [3.8, 4) is 0 Å². The Labute approximate surface area is 99.9 Å². The second kappa shape index (κ2) is 5.87. The molecule has 2 heterocycles. The molecule has 4 heteroatoms. The van der Waals surface area contributed by atoms with Gasteiger partial charge in [0, 0.05) is 29.6 Å². The maximum Gasteiger partial charge on any atom is 0.0794 e. The first-order valence-electron chi connectivity index (χ1n) is 5.58. The van der Waals surface area contributed by atoms with Crippen LogP contribution in [0.2, 0.25) is 0 Å². The van der Waals surface area contributed by atoms with Crippen molar-refractivity contribution in [1.29, 1.82) is 0 Å². The number of thiazole rings is 1. The van der Waals surface area contributed by atoms with Crippen LogP contribution in [0.15, 0.2) is 10.9 Å². The van der Waals surface area contributed by atoms with Gasteiger partial charge in [0.2, 0.25) is 0 Å². The molecule has 1 aromatic heterocycles. The Morgan fingerprint density at radius 2 is 2.53 bits per heavy atom. The lowest BCUT2D eigenvalue weighted by molar-refractivity contribution is 0.465. The zero-order valence-corrected chi connectivity index (χ0v) is 10.7. The largest absolute Gasteiger partial charge is 0.312 e. The van der Waals surface area contributed by atoms with Crippen molar-refractivity contribution in [3.05, 3.63) is 16.6 Å². The minimum absolute atomic E-state index is 0.711. The highest BCUT2D eigenvalue weighted by Gasteiger charge is 2.20. The molecule has 1 aliphatic rings. The van der Waals surface area contributed by atoms with Gasteiger partial charge in [-0.1, -0.05) is 6.92 Å². The third-order valence-electron chi connectivity index (χ3n) is 2.88. The van der Waals surface area contributed by atoms with E-state index in [1.807, 2.05) is 5.51 Å². The number of rotatable bonds is 4. The molecule has 2 nitrogen and oxygen atoms in total. The lowest BCUT2D eigenvalue weighted by atomic mass is 10.1. The van der Waals surface area contributed by atoms with Gasteiger partial charge in [0.05, 0.1) is 11.2 Å². The predicted molar refractivity (Wildman–Crippen MR) is 68.8 cm³/mol. The standard InChI is InChI=1S/C11H18N2S2/c1-9-11(3-2-6-15-9)12-5-4-10-7-14-8-13-10/h7-9,11-12H,2-6H2,1H3. The molecule has 0 radical (unpaired) electrons. The lowest BCUT2D eigenvalue weighted by Crippen LogP contribution is -2.40. The van der Waals surface area contributed by atoms with Crippen LogP contribution in [0.3, 0.4) is 0 Å². The normalized spacial score (nSPS) is 26.7. The van der Waals surface area contributed by atoms with Crippen LogP contribution in [0.4, 0.5) is 0 Å². The molecule has 15 heavy (non-hydrogen) atoms. The summed E-state index contributed by atoms with van der Waals surface area (Å²) in [5.74, 6) is 1.34. The molecule has 0 bridgehead atoms. The Kier molecular flexibility index (Phi) is 4.47. The minimum atomic E-state index is 0.711. The van der Waals surface area contributed by atoms with Gasteiger partial charge in [-0.15, -0.1) is 11.3 Å². The molecule has 1 aliphatic heterocycles. The molecule has 0 amide bonds. The second-order valence-electron chi connectivity index (χ2n) is 4.01. The van der Waals surface area contributed by atoms with E-state index in [2.05, 4.69) is 34.4 Å². The lowest BCUT2D eigenvalue weighted by Gasteiger charge is -2.29. The molecule has 1 fully saturated rings. The van der Waals surface area contributed by atoms with E-state index in [0.717, 1.165) is 18.2 Å². The number of hydrogen-bond donors (Lipinski definition) is 1. The molecule has 1 aromatic rings. The molecule has 1 N–H and O–H groups in total.